The lowest BCUT2D eigenvalue weighted by Gasteiger charge is -2.20. The molecule has 1 amide bonds. The molecule has 0 bridgehead atoms. The number of phenols is 1. The molecule has 1 aliphatic rings. The van der Waals surface area contributed by atoms with E-state index < -0.39 is 18.3 Å². The summed E-state index contributed by atoms with van der Waals surface area (Å²) in [5.74, 6) is -0.124. The van der Waals surface area contributed by atoms with Gasteiger partial charge in [0.15, 0.2) is 0 Å². The lowest BCUT2D eigenvalue weighted by molar-refractivity contribution is -0.140. The average Bonchev–Trinajstić information content (AvgIpc) is 3.20. The molecule has 0 saturated heterocycles. The molecule has 0 aliphatic heterocycles. The van der Waals surface area contributed by atoms with Crippen LogP contribution in [0.1, 0.15) is 53.1 Å². The summed E-state index contributed by atoms with van der Waals surface area (Å²) < 4.78 is 6.33. The van der Waals surface area contributed by atoms with E-state index in [1.807, 2.05) is 43.3 Å². The van der Waals surface area contributed by atoms with Crippen LogP contribution in [0.4, 0.5) is 0 Å². The molecule has 0 radical (unpaired) electrons. The van der Waals surface area contributed by atoms with Crippen molar-refractivity contribution in [1.82, 2.24) is 5.32 Å². The van der Waals surface area contributed by atoms with Gasteiger partial charge in [0.2, 0.25) is 5.91 Å². The molecule has 6 heteroatoms. The summed E-state index contributed by atoms with van der Waals surface area (Å²) in [4.78, 5) is 23.0. The minimum atomic E-state index is -1.15. The quantitative estimate of drug-likeness (QED) is 0.380. The van der Waals surface area contributed by atoms with Crippen molar-refractivity contribution < 1.29 is 24.5 Å². The Labute approximate surface area is 199 Å². The highest BCUT2D eigenvalue weighted by atomic mass is 16.5. The predicted octanol–water partition coefficient (Wildman–Crippen LogP) is 5.25. The number of carboxylic acids is 1. The van der Waals surface area contributed by atoms with Crippen LogP contribution in [0.3, 0.4) is 0 Å². The highest BCUT2D eigenvalue weighted by Gasteiger charge is 2.29. The first-order valence-electron chi connectivity index (χ1n) is 11.6. The Bertz CT molecular complexity index is 1190. The van der Waals surface area contributed by atoms with Crippen molar-refractivity contribution in [3.05, 3.63) is 88.5 Å². The first-order valence-corrected chi connectivity index (χ1v) is 11.6. The van der Waals surface area contributed by atoms with E-state index in [4.69, 9.17) is 9.84 Å². The first kappa shape index (κ1) is 23.4. The van der Waals surface area contributed by atoms with Crippen LogP contribution >= 0.6 is 0 Å². The maximum atomic E-state index is 12.1. The van der Waals surface area contributed by atoms with E-state index in [0.717, 1.165) is 47.9 Å². The molecule has 0 spiro atoms. The third kappa shape index (κ3) is 5.57. The molecule has 0 heterocycles. The zero-order chi connectivity index (χ0) is 24.1. The van der Waals surface area contributed by atoms with Gasteiger partial charge in [-0.25, -0.2) is 0 Å². The zero-order valence-corrected chi connectivity index (χ0v) is 19.2. The SMILES string of the molecule is Cc1ccc2c(c1Oc1ccc(O)c(CCCc3ccccc3)c1)C(NC(=O)CC(=O)O)CC2. The van der Waals surface area contributed by atoms with Crippen molar-refractivity contribution >= 4 is 11.9 Å². The van der Waals surface area contributed by atoms with Crippen molar-refractivity contribution in [2.45, 2.75) is 51.5 Å². The Morgan fingerprint density at radius 1 is 1.06 bits per heavy atom. The van der Waals surface area contributed by atoms with E-state index in [2.05, 4.69) is 17.4 Å². The Morgan fingerprint density at radius 2 is 1.85 bits per heavy atom. The summed E-state index contributed by atoms with van der Waals surface area (Å²) >= 11 is 0. The molecule has 0 fully saturated rings. The second-order valence-corrected chi connectivity index (χ2v) is 8.75. The third-order valence-corrected chi connectivity index (χ3v) is 6.21. The average molecular weight is 460 g/mol. The standard InChI is InChI=1S/C28H29NO5/c1-18-10-11-20-12-14-23(29-25(31)17-26(32)33)27(20)28(18)34-22-13-15-24(30)21(16-22)9-5-8-19-6-3-2-4-7-19/h2-4,6-7,10-11,13,15-16,23,30H,5,8-9,12,14,17H2,1H3,(H,29,31)(H,32,33). The molecular weight excluding hydrogens is 430 g/mol. The molecular formula is C28H29NO5. The molecule has 1 aliphatic carbocycles. The molecule has 3 aromatic rings. The fourth-order valence-corrected chi connectivity index (χ4v) is 4.53. The van der Waals surface area contributed by atoms with Crippen molar-refractivity contribution in [3.8, 4) is 17.2 Å². The number of fused-ring (bicyclic) bond motifs is 1. The number of carbonyl (C=O) groups excluding carboxylic acids is 1. The number of amides is 1. The minimum Gasteiger partial charge on any atom is -0.508 e. The van der Waals surface area contributed by atoms with Crippen LogP contribution in [0.15, 0.2) is 60.7 Å². The summed E-state index contributed by atoms with van der Waals surface area (Å²) in [5.41, 5.74) is 5.00. The van der Waals surface area contributed by atoms with Crippen LogP contribution in [0.2, 0.25) is 0 Å². The Balaban J connectivity index is 1.51. The summed E-state index contributed by atoms with van der Waals surface area (Å²) in [6.45, 7) is 1.95. The smallest absolute Gasteiger partial charge is 0.312 e. The number of aromatic hydroxyl groups is 1. The summed E-state index contributed by atoms with van der Waals surface area (Å²) in [6.07, 6.45) is 3.47. The summed E-state index contributed by atoms with van der Waals surface area (Å²) in [7, 11) is 0. The van der Waals surface area contributed by atoms with Gasteiger partial charge in [-0.15, -0.1) is 0 Å². The highest BCUT2D eigenvalue weighted by Crippen LogP contribution is 2.42. The van der Waals surface area contributed by atoms with Gasteiger partial charge in [-0.05, 0) is 79.5 Å². The first-order chi connectivity index (χ1) is 16.4. The van der Waals surface area contributed by atoms with Crippen molar-refractivity contribution in [2.75, 3.05) is 0 Å². The van der Waals surface area contributed by atoms with Crippen molar-refractivity contribution in [3.63, 3.8) is 0 Å². The maximum Gasteiger partial charge on any atom is 0.312 e. The molecule has 3 N–H and O–H groups in total. The molecule has 4 rings (SSSR count). The van der Waals surface area contributed by atoms with Gasteiger partial charge in [0.1, 0.15) is 23.7 Å². The van der Waals surface area contributed by atoms with Gasteiger partial charge in [-0.1, -0.05) is 42.5 Å². The van der Waals surface area contributed by atoms with E-state index in [0.29, 0.717) is 17.9 Å². The van der Waals surface area contributed by atoms with Gasteiger partial charge in [-0.3, -0.25) is 9.59 Å². The number of carboxylic acid groups (broad SMARTS) is 1. The zero-order valence-electron chi connectivity index (χ0n) is 19.2. The molecule has 1 atom stereocenters. The van der Waals surface area contributed by atoms with Crippen LogP contribution in [-0.2, 0) is 28.9 Å². The lowest BCUT2D eigenvalue weighted by Crippen LogP contribution is -2.29. The molecule has 6 nitrogen and oxygen atoms in total. The van der Waals surface area contributed by atoms with Gasteiger partial charge >= 0.3 is 5.97 Å². The maximum absolute atomic E-state index is 12.1. The van der Waals surface area contributed by atoms with Crippen molar-refractivity contribution in [2.24, 2.45) is 0 Å². The number of carbonyl (C=O) groups is 2. The number of benzene rings is 3. The van der Waals surface area contributed by atoms with Gasteiger partial charge in [0, 0.05) is 5.56 Å². The Kier molecular flexibility index (Phi) is 7.16. The van der Waals surface area contributed by atoms with Gasteiger partial charge in [-0.2, -0.15) is 0 Å². The molecule has 34 heavy (non-hydrogen) atoms. The molecule has 176 valence electrons. The number of nitrogens with one attached hydrogen (secondary N) is 1. The number of phenolic OH excluding ortho intramolecular Hbond substituents is 1. The van der Waals surface area contributed by atoms with E-state index in [-0.39, 0.29) is 11.8 Å². The summed E-state index contributed by atoms with van der Waals surface area (Å²) in [6, 6.07) is 19.3. The fraction of sp³-hybridized carbons (Fsp3) is 0.286. The van der Waals surface area contributed by atoms with E-state index >= 15 is 0 Å². The monoisotopic (exact) mass is 459 g/mol. The lowest BCUT2D eigenvalue weighted by atomic mass is 10.0. The number of aliphatic carboxylic acids is 1. The van der Waals surface area contributed by atoms with E-state index in [1.165, 1.54) is 5.56 Å². The minimum absolute atomic E-state index is 0.245. The van der Waals surface area contributed by atoms with E-state index in [1.54, 1.807) is 12.1 Å². The fourth-order valence-electron chi connectivity index (χ4n) is 4.53. The second kappa shape index (κ2) is 10.4. The Morgan fingerprint density at radius 3 is 2.62 bits per heavy atom. The van der Waals surface area contributed by atoms with Crippen LogP contribution in [0, 0.1) is 6.92 Å². The largest absolute Gasteiger partial charge is 0.508 e. The number of ether oxygens (including phenoxy) is 1. The Hall–Kier alpha value is -3.80. The molecule has 1 unspecified atom stereocenters. The van der Waals surface area contributed by atoms with Gasteiger partial charge in [0.25, 0.3) is 0 Å². The van der Waals surface area contributed by atoms with E-state index in [9.17, 15) is 14.7 Å². The number of hydrogen-bond donors (Lipinski definition) is 3. The van der Waals surface area contributed by atoms with Gasteiger partial charge in [0.05, 0.1) is 6.04 Å². The number of rotatable bonds is 9. The predicted molar refractivity (Wildman–Crippen MR) is 129 cm³/mol. The van der Waals surface area contributed by atoms with Gasteiger partial charge < -0.3 is 20.3 Å². The molecule has 3 aromatic carbocycles. The topological polar surface area (TPSA) is 95.9 Å². The summed E-state index contributed by atoms with van der Waals surface area (Å²) in [5, 5.41) is 22.1. The molecule has 0 aromatic heterocycles. The third-order valence-electron chi connectivity index (χ3n) is 6.21. The normalized spacial score (nSPS) is 14.4. The highest BCUT2D eigenvalue weighted by molar-refractivity contribution is 5.93. The van der Waals surface area contributed by atoms with Crippen LogP contribution in [0.5, 0.6) is 17.2 Å². The van der Waals surface area contributed by atoms with Crippen LogP contribution < -0.4 is 10.1 Å². The molecule has 0 saturated carbocycles. The number of hydrogen-bond acceptors (Lipinski definition) is 4. The van der Waals surface area contributed by atoms with Crippen molar-refractivity contribution in [1.29, 1.82) is 0 Å². The van der Waals surface area contributed by atoms with Crippen LogP contribution in [0.25, 0.3) is 0 Å². The number of aryl methyl sites for hydroxylation is 4. The van der Waals surface area contributed by atoms with Crippen LogP contribution in [-0.4, -0.2) is 22.1 Å². The second-order valence-electron chi connectivity index (χ2n) is 8.75.